The number of nitrogens with one attached hydrogen (secondary N) is 2. The summed E-state index contributed by atoms with van der Waals surface area (Å²) in [5.74, 6) is 0.868. The Morgan fingerprint density at radius 3 is 2.75 bits per heavy atom. The first-order chi connectivity index (χ1) is 15.6. The van der Waals surface area contributed by atoms with Crippen molar-refractivity contribution in [2.75, 3.05) is 36.8 Å². The normalized spacial score (nSPS) is 17.2. The van der Waals surface area contributed by atoms with Gasteiger partial charge in [-0.05, 0) is 67.8 Å². The van der Waals surface area contributed by atoms with E-state index in [2.05, 4.69) is 38.7 Å². The van der Waals surface area contributed by atoms with E-state index in [0.29, 0.717) is 22.3 Å². The van der Waals surface area contributed by atoms with Crippen molar-refractivity contribution in [2.24, 2.45) is 5.92 Å². The number of benzene rings is 1. The number of carbonyl (C=O) groups excluding carboxylic acids is 1. The second-order valence-electron chi connectivity index (χ2n) is 8.25. The highest BCUT2D eigenvalue weighted by Crippen LogP contribution is 2.22. The second-order valence-corrected chi connectivity index (χ2v) is 9.21. The van der Waals surface area contributed by atoms with Crippen LogP contribution in [0.2, 0.25) is 5.02 Å². The third-order valence-corrected chi connectivity index (χ3v) is 6.34. The smallest absolute Gasteiger partial charge is 0.258 e. The van der Waals surface area contributed by atoms with E-state index in [0.717, 1.165) is 56.0 Å². The van der Waals surface area contributed by atoms with Crippen LogP contribution in [-0.4, -0.2) is 46.8 Å². The number of nitrogens with zero attached hydrogens (tertiary/aromatic N) is 2. The highest BCUT2D eigenvalue weighted by Gasteiger charge is 2.20. The number of likely N-dealkylation sites (tertiary alicyclic amines) is 1. The summed E-state index contributed by atoms with van der Waals surface area (Å²) in [6.07, 6.45) is 11.2. The molecule has 2 N–H and O–H groups in total. The van der Waals surface area contributed by atoms with Crippen LogP contribution in [0, 0.1) is 5.92 Å². The second kappa shape index (κ2) is 10.9. The molecule has 166 valence electrons. The maximum absolute atomic E-state index is 12.8. The Labute approximate surface area is 199 Å². The first-order valence-electron chi connectivity index (χ1n) is 10.9. The number of thiocarbonyl (C=S) groups is 1. The highest BCUT2D eigenvalue weighted by molar-refractivity contribution is 7.80. The van der Waals surface area contributed by atoms with Crippen molar-refractivity contribution in [3.63, 3.8) is 0 Å². The van der Waals surface area contributed by atoms with Gasteiger partial charge in [0, 0.05) is 36.3 Å². The maximum Gasteiger partial charge on any atom is 0.258 e. The van der Waals surface area contributed by atoms with Crippen molar-refractivity contribution in [2.45, 2.75) is 19.3 Å². The molecule has 0 radical (unpaired) electrons. The van der Waals surface area contributed by atoms with E-state index in [1.165, 1.54) is 11.8 Å². The number of amides is 1. The minimum atomic E-state index is -0.190. The van der Waals surface area contributed by atoms with Gasteiger partial charge in [0.25, 0.3) is 5.91 Å². The van der Waals surface area contributed by atoms with Gasteiger partial charge in [0.2, 0.25) is 0 Å². The molecule has 0 unspecified atom stereocenters. The molecule has 0 bridgehead atoms. The van der Waals surface area contributed by atoms with E-state index >= 15 is 0 Å². The Morgan fingerprint density at radius 1 is 1.19 bits per heavy atom. The zero-order chi connectivity index (χ0) is 22.3. The van der Waals surface area contributed by atoms with Crippen molar-refractivity contribution in [3.05, 3.63) is 77.0 Å². The van der Waals surface area contributed by atoms with Crippen LogP contribution in [0.4, 0.5) is 11.5 Å². The molecule has 5 nitrogen and oxygen atoms in total. The Morgan fingerprint density at radius 2 is 2.00 bits per heavy atom. The minimum Gasteiger partial charge on any atom is -0.384 e. The molecule has 1 aliphatic carbocycles. The summed E-state index contributed by atoms with van der Waals surface area (Å²) in [6, 6.07) is 11.0. The van der Waals surface area contributed by atoms with Gasteiger partial charge < -0.3 is 10.6 Å². The van der Waals surface area contributed by atoms with E-state index in [-0.39, 0.29) is 5.91 Å². The molecule has 32 heavy (non-hydrogen) atoms. The predicted molar refractivity (Wildman–Crippen MR) is 136 cm³/mol. The monoisotopic (exact) mass is 466 g/mol. The van der Waals surface area contributed by atoms with Gasteiger partial charge in [0.05, 0.1) is 10.6 Å². The van der Waals surface area contributed by atoms with Gasteiger partial charge in [-0.25, -0.2) is 4.98 Å². The van der Waals surface area contributed by atoms with E-state index in [1.807, 2.05) is 24.3 Å². The van der Waals surface area contributed by atoms with E-state index in [1.54, 1.807) is 12.1 Å². The number of hydrogen-bond donors (Lipinski definition) is 2. The molecule has 1 aromatic heterocycles. The molecule has 2 aromatic rings. The number of piperidine rings is 1. The van der Waals surface area contributed by atoms with Gasteiger partial charge in [-0.1, -0.05) is 48.1 Å². The number of pyridine rings is 1. The molecule has 7 heteroatoms. The fourth-order valence-corrected chi connectivity index (χ4v) is 4.43. The summed E-state index contributed by atoms with van der Waals surface area (Å²) >= 11 is 11.2. The minimum absolute atomic E-state index is 0.190. The van der Waals surface area contributed by atoms with Gasteiger partial charge in [-0.3, -0.25) is 9.69 Å². The average Bonchev–Trinajstić information content (AvgIpc) is 2.80. The number of halogens is 1. The summed E-state index contributed by atoms with van der Waals surface area (Å²) in [5.41, 5.74) is 2.76. The van der Waals surface area contributed by atoms with Gasteiger partial charge in [0.15, 0.2) is 0 Å². The van der Waals surface area contributed by atoms with Crippen LogP contribution in [0.25, 0.3) is 0 Å². The quantitative estimate of drug-likeness (QED) is 0.537. The third-order valence-electron chi connectivity index (χ3n) is 5.83. The molecule has 1 saturated heterocycles. The number of allylic oxidation sites excluding steroid dienone is 2. The standard InChI is InChI=1S/C25H27ClN4OS/c26-20-8-9-24(28-16-20)29-25(31)22-6-1-2-7-23(22)27-15-18-10-12-30(13-11-18)17-19-4-3-5-21(32)14-19/h1-4,6-9,14,16,18,27H,5,10-13,15,17H2,(H,28,29,31). The highest BCUT2D eigenvalue weighted by atomic mass is 35.5. The third kappa shape index (κ3) is 6.25. The summed E-state index contributed by atoms with van der Waals surface area (Å²) in [7, 11) is 0. The van der Waals surface area contributed by atoms with Gasteiger partial charge >= 0.3 is 0 Å². The first kappa shape index (κ1) is 22.6. The van der Waals surface area contributed by atoms with E-state index < -0.39 is 0 Å². The van der Waals surface area contributed by atoms with Crippen molar-refractivity contribution >= 4 is 46.1 Å². The van der Waals surface area contributed by atoms with Crippen LogP contribution in [0.3, 0.4) is 0 Å². The average molecular weight is 467 g/mol. The lowest BCUT2D eigenvalue weighted by molar-refractivity contribution is 0.102. The van der Waals surface area contributed by atoms with Crippen LogP contribution in [-0.2, 0) is 0 Å². The molecule has 4 rings (SSSR count). The van der Waals surface area contributed by atoms with Crippen LogP contribution >= 0.6 is 23.8 Å². The molecule has 2 aliphatic rings. The van der Waals surface area contributed by atoms with Crippen molar-refractivity contribution in [1.82, 2.24) is 9.88 Å². The summed E-state index contributed by atoms with van der Waals surface area (Å²) < 4.78 is 0. The van der Waals surface area contributed by atoms with Crippen molar-refractivity contribution in [1.29, 1.82) is 0 Å². The number of aromatic nitrogens is 1. The lowest BCUT2D eigenvalue weighted by Crippen LogP contribution is -2.37. The van der Waals surface area contributed by atoms with E-state index in [4.69, 9.17) is 23.8 Å². The molecule has 1 amide bonds. The number of rotatable bonds is 7. The summed E-state index contributed by atoms with van der Waals surface area (Å²) in [6.45, 7) is 3.98. The van der Waals surface area contributed by atoms with Crippen molar-refractivity contribution < 1.29 is 4.79 Å². The molecule has 1 fully saturated rings. The largest absolute Gasteiger partial charge is 0.384 e. The Hall–Kier alpha value is -2.54. The molecule has 2 heterocycles. The van der Waals surface area contributed by atoms with E-state index in [9.17, 15) is 4.79 Å². The van der Waals surface area contributed by atoms with Crippen molar-refractivity contribution in [3.8, 4) is 0 Å². The fourth-order valence-electron chi connectivity index (χ4n) is 4.07. The molecular formula is C25H27ClN4OS. The van der Waals surface area contributed by atoms with Gasteiger partial charge in [-0.15, -0.1) is 0 Å². The summed E-state index contributed by atoms with van der Waals surface area (Å²) in [4.78, 5) is 20.4. The lowest BCUT2D eigenvalue weighted by atomic mass is 9.95. The SMILES string of the molecule is O=C(Nc1ccc(Cl)cn1)c1ccccc1NCC1CCN(CC2=CC(=S)CC=C2)CC1. The Bertz CT molecular complexity index is 1030. The Balaban J connectivity index is 1.28. The number of hydrogen-bond acceptors (Lipinski definition) is 5. The lowest BCUT2D eigenvalue weighted by Gasteiger charge is -2.32. The first-order valence-corrected chi connectivity index (χ1v) is 11.7. The van der Waals surface area contributed by atoms with Crippen LogP contribution in [0.1, 0.15) is 29.6 Å². The predicted octanol–water partition coefficient (Wildman–Crippen LogP) is 5.37. The maximum atomic E-state index is 12.8. The van der Waals surface area contributed by atoms with Crippen LogP contribution < -0.4 is 10.6 Å². The number of anilines is 2. The van der Waals surface area contributed by atoms with Crippen LogP contribution in [0.5, 0.6) is 0 Å². The van der Waals surface area contributed by atoms with Gasteiger partial charge in [-0.2, -0.15) is 0 Å². The molecule has 1 aromatic carbocycles. The summed E-state index contributed by atoms with van der Waals surface area (Å²) in [5, 5.41) is 6.87. The zero-order valence-corrected chi connectivity index (χ0v) is 19.5. The van der Waals surface area contributed by atoms with Gasteiger partial charge in [0.1, 0.15) is 5.82 Å². The zero-order valence-electron chi connectivity index (χ0n) is 17.9. The molecular weight excluding hydrogens is 440 g/mol. The number of carbonyl (C=O) groups is 1. The fraction of sp³-hybridized carbons (Fsp3) is 0.320. The molecule has 0 atom stereocenters. The number of para-hydroxylation sites is 1. The molecule has 0 spiro atoms. The molecule has 0 saturated carbocycles. The topological polar surface area (TPSA) is 57.3 Å². The Kier molecular flexibility index (Phi) is 7.68. The van der Waals surface area contributed by atoms with Crippen LogP contribution in [0.15, 0.2) is 66.4 Å². The molecule has 1 aliphatic heterocycles.